The molecule has 0 radical (unpaired) electrons. The zero-order chi connectivity index (χ0) is 31.9. The number of nitrogens with zero attached hydrogens (tertiary/aromatic N) is 1. The SMILES string of the molecule is CCCCCCCC(CC)C(=O)OCCCCCCNC(=O)OC1CCN(C(=O)Oc2ccc3oc4ccccc4c3c2)CC1. The number of alkyl carbamates (subject to hydrolysis) is 1. The smallest absolute Gasteiger partial charge is 0.415 e. The summed E-state index contributed by atoms with van der Waals surface area (Å²) in [6.45, 7) is 6.17. The lowest BCUT2D eigenvalue weighted by Crippen LogP contribution is -2.43. The molecular formula is C36H50N2O7. The number of ether oxygens (including phenoxy) is 3. The molecule has 1 N–H and O–H groups in total. The molecule has 9 heteroatoms. The Bertz CT molecular complexity index is 1360. The molecule has 2 amide bonds. The van der Waals surface area contributed by atoms with E-state index in [2.05, 4.69) is 19.2 Å². The number of rotatable bonds is 17. The molecule has 4 rings (SSSR count). The van der Waals surface area contributed by atoms with Gasteiger partial charge in [0.15, 0.2) is 0 Å². The van der Waals surface area contributed by atoms with Crippen LogP contribution in [-0.2, 0) is 14.3 Å². The number of piperidine rings is 1. The number of nitrogens with one attached hydrogen (secondary N) is 1. The number of carbonyl (C=O) groups is 3. The Balaban J connectivity index is 1.03. The highest BCUT2D eigenvalue weighted by Gasteiger charge is 2.26. The first kappa shape index (κ1) is 34.1. The zero-order valence-corrected chi connectivity index (χ0v) is 27.0. The maximum absolute atomic E-state index is 12.8. The Hall–Kier alpha value is -3.75. The quantitative estimate of drug-likeness (QED) is 0.118. The van der Waals surface area contributed by atoms with Gasteiger partial charge in [0.25, 0.3) is 0 Å². The largest absolute Gasteiger partial charge is 0.465 e. The number of unbranched alkanes of at least 4 members (excludes halogenated alkanes) is 7. The number of likely N-dealkylation sites (tertiary alicyclic amines) is 1. The van der Waals surface area contributed by atoms with Crippen LogP contribution in [0.5, 0.6) is 5.75 Å². The third kappa shape index (κ3) is 10.7. The summed E-state index contributed by atoms with van der Waals surface area (Å²) in [4.78, 5) is 39.0. The molecule has 1 atom stereocenters. The molecule has 2 aromatic carbocycles. The van der Waals surface area contributed by atoms with E-state index < -0.39 is 12.2 Å². The van der Waals surface area contributed by atoms with Crippen molar-refractivity contribution < 1.29 is 33.0 Å². The molecule has 0 spiro atoms. The number of hydrogen-bond donors (Lipinski definition) is 1. The van der Waals surface area contributed by atoms with Gasteiger partial charge in [-0.2, -0.15) is 0 Å². The molecular weight excluding hydrogens is 572 g/mol. The Kier molecular flexibility index (Phi) is 13.9. The van der Waals surface area contributed by atoms with Crippen LogP contribution < -0.4 is 10.1 Å². The topological polar surface area (TPSA) is 107 Å². The molecule has 2 heterocycles. The van der Waals surface area contributed by atoms with Crippen molar-refractivity contribution in [1.82, 2.24) is 10.2 Å². The Labute approximate surface area is 266 Å². The van der Waals surface area contributed by atoms with E-state index in [1.807, 2.05) is 36.4 Å². The lowest BCUT2D eigenvalue weighted by Gasteiger charge is -2.30. The first-order chi connectivity index (χ1) is 22.0. The minimum atomic E-state index is -0.425. The molecule has 45 heavy (non-hydrogen) atoms. The lowest BCUT2D eigenvalue weighted by atomic mass is 9.98. The zero-order valence-electron chi connectivity index (χ0n) is 27.0. The second kappa shape index (κ2) is 18.3. The number of esters is 1. The third-order valence-electron chi connectivity index (χ3n) is 8.59. The normalized spacial score (nSPS) is 14.4. The van der Waals surface area contributed by atoms with Crippen molar-refractivity contribution in [3.63, 3.8) is 0 Å². The van der Waals surface area contributed by atoms with Gasteiger partial charge in [-0.05, 0) is 56.4 Å². The minimum Gasteiger partial charge on any atom is -0.465 e. The summed E-state index contributed by atoms with van der Waals surface area (Å²) in [6, 6.07) is 13.1. The van der Waals surface area contributed by atoms with Crippen LogP contribution in [0.3, 0.4) is 0 Å². The maximum Gasteiger partial charge on any atom is 0.415 e. The third-order valence-corrected chi connectivity index (χ3v) is 8.59. The van der Waals surface area contributed by atoms with Crippen LogP contribution in [-0.4, -0.2) is 55.4 Å². The molecule has 1 aromatic heterocycles. The highest BCUT2D eigenvalue weighted by Crippen LogP contribution is 2.31. The van der Waals surface area contributed by atoms with Gasteiger partial charge in [0.1, 0.15) is 23.0 Å². The van der Waals surface area contributed by atoms with Crippen molar-refractivity contribution in [1.29, 1.82) is 0 Å². The minimum absolute atomic E-state index is 0.0212. The van der Waals surface area contributed by atoms with Crippen molar-refractivity contribution in [2.45, 2.75) is 103 Å². The number of furan rings is 1. The van der Waals surface area contributed by atoms with Crippen LogP contribution in [0.25, 0.3) is 21.9 Å². The van der Waals surface area contributed by atoms with Crippen LogP contribution in [0.1, 0.15) is 97.3 Å². The predicted octanol–water partition coefficient (Wildman–Crippen LogP) is 8.77. The van der Waals surface area contributed by atoms with E-state index in [1.165, 1.54) is 25.7 Å². The highest BCUT2D eigenvalue weighted by atomic mass is 16.6. The summed E-state index contributed by atoms with van der Waals surface area (Å²) >= 11 is 0. The Morgan fingerprint density at radius 2 is 1.62 bits per heavy atom. The second-order valence-corrected chi connectivity index (χ2v) is 12.0. The van der Waals surface area contributed by atoms with Crippen LogP contribution in [0.15, 0.2) is 46.9 Å². The van der Waals surface area contributed by atoms with E-state index in [0.29, 0.717) is 44.8 Å². The second-order valence-electron chi connectivity index (χ2n) is 12.0. The number of benzene rings is 2. The van der Waals surface area contributed by atoms with Gasteiger partial charge in [-0.25, -0.2) is 9.59 Å². The highest BCUT2D eigenvalue weighted by molar-refractivity contribution is 6.05. The van der Waals surface area contributed by atoms with E-state index in [4.69, 9.17) is 18.6 Å². The summed E-state index contributed by atoms with van der Waals surface area (Å²) in [6.07, 6.45) is 11.4. The Morgan fingerprint density at radius 3 is 2.42 bits per heavy atom. The van der Waals surface area contributed by atoms with E-state index >= 15 is 0 Å². The Morgan fingerprint density at radius 1 is 0.889 bits per heavy atom. The molecule has 1 saturated heterocycles. The summed E-state index contributed by atoms with van der Waals surface area (Å²) in [5, 5.41) is 4.70. The molecule has 1 fully saturated rings. The fourth-order valence-electron chi connectivity index (χ4n) is 5.83. The first-order valence-electron chi connectivity index (χ1n) is 17.0. The average Bonchev–Trinajstić information content (AvgIpc) is 3.42. The van der Waals surface area contributed by atoms with E-state index in [0.717, 1.165) is 66.9 Å². The van der Waals surface area contributed by atoms with Gasteiger partial charge < -0.3 is 28.8 Å². The van der Waals surface area contributed by atoms with Gasteiger partial charge in [-0.15, -0.1) is 0 Å². The predicted molar refractivity (Wildman–Crippen MR) is 175 cm³/mol. The summed E-state index contributed by atoms with van der Waals surface area (Å²) < 4.78 is 22.6. The van der Waals surface area contributed by atoms with Crippen LogP contribution in [0.4, 0.5) is 9.59 Å². The van der Waals surface area contributed by atoms with E-state index in [-0.39, 0.29) is 18.0 Å². The van der Waals surface area contributed by atoms with Crippen molar-refractivity contribution in [2.24, 2.45) is 5.92 Å². The van der Waals surface area contributed by atoms with Gasteiger partial charge in [-0.1, -0.05) is 70.6 Å². The summed E-state index contributed by atoms with van der Waals surface area (Å²) in [5.74, 6) is 0.431. The van der Waals surface area contributed by atoms with Crippen molar-refractivity contribution in [3.05, 3.63) is 42.5 Å². The van der Waals surface area contributed by atoms with Crippen molar-refractivity contribution >= 4 is 40.1 Å². The number of fused-ring (bicyclic) bond motifs is 3. The fourth-order valence-corrected chi connectivity index (χ4v) is 5.83. The van der Waals surface area contributed by atoms with Gasteiger partial charge in [0.2, 0.25) is 0 Å². The van der Waals surface area contributed by atoms with Crippen molar-refractivity contribution in [2.75, 3.05) is 26.2 Å². The average molecular weight is 623 g/mol. The maximum atomic E-state index is 12.8. The molecule has 1 aliphatic rings. The van der Waals surface area contributed by atoms with Crippen LogP contribution in [0, 0.1) is 5.92 Å². The standard InChI is InChI=1S/C36H50N2O7/c1-3-5-6-7-10-15-27(4-2)34(39)42-25-14-9-8-13-22-37-35(40)43-28-20-23-38(24-21-28)36(41)44-29-18-19-33-31(26-29)30-16-11-12-17-32(30)45-33/h11-12,16-19,26-28H,3-10,13-15,20-25H2,1-2H3,(H,37,40). The molecule has 246 valence electrons. The number of para-hydroxylation sites is 1. The molecule has 9 nitrogen and oxygen atoms in total. The van der Waals surface area contributed by atoms with Gasteiger partial charge in [-0.3, -0.25) is 4.79 Å². The number of amides is 2. The lowest BCUT2D eigenvalue weighted by molar-refractivity contribution is -0.149. The molecule has 0 saturated carbocycles. The van der Waals surface area contributed by atoms with Gasteiger partial charge in [0, 0.05) is 43.2 Å². The molecule has 3 aromatic rings. The monoisotopic (exact) mass is 622 g/mol. The molecule has 0 aliphatic carbocycles. The summed E-state index contributed by atoms with van der Waals surface area (Å²) in [7, 11) is 0. The van der Waals surface area contributed by atoms with E-state index in [1.54, 1.807) is 11.0 Å². The van der Waals surface area contributed by atoms with Gasteiger partial charge >= 0.3 is 18.2 Å². The van der Waals surface area contributed by atoms with Crippen LogP contribution in [0.2, 0.25) is 0 Å². The fraction of sp³-hybridized carbons (Fsp3) is 0.583. The van der Waals surface area contributed by atoms with Crippen LogP contribution >= 0.6 is 0 Å². The number of hydrogen-bond acceptors (Lipinski definition) is 7. The molecule has 1 aliphatic heterocycles. The first-order valence-corrected chi connectivity index (χ1v) is 17.0. The van der Waals surface area contributed by atoms with Gasteiger partial charge in [0.05, 0.1) is 12.5 Å². The summed E-state index contributed by atoms with van der Waals surface area (Å²) in [5.41, 5.74) is 1.54. The molecule has 0 bridgehead atoms. The van der Waals surface area contributed by atoms with Crippen molar-refractivity contribution in [3.8, 4) is 5.75 Å². The number of carbonyl (C=O) groups excluding carboxylic acids is 3. The molecule has 1 unspecified atom stereocenters. The van der Waals surface area contributed by atoms with E-state index in [9.17, 15) is 14.4 Å².